The third kappa shape index (κ3) is 3.13. The van der Waals surface area contributed by atoms with Gasteiger partial charge in [0.25, 0.3) is 11.8 Å². The Morgan fingerprint density at radius 1 is 1.44 bits per heavy atom. The highest BCUT2D eigenvalue weighted by atomic mass is 35.5. The normalized spacial score (nSPS) is 13.0. The fourth-order valence-corrected chi connectivity index (χ4v) is 3.35. The quantitative estimate of drug-likeness (QED) is 0.752. The third-order valence-electron chi connectivity index (χ3n) is 4.12. The highest BCUT2D eigenvalue weighted by molar-refractivity contribution is 6.33. The largest absolute Gasteiger partial charge is 0.491 e. The van der Waals surface area contributed by atoms with E-state index in [2.05, 4.69) is 15.6 Å². The summed E-state index contributed by atoms with van der Waals surface area (Å²) >= 11 is 6.22. The molecular formula is C16H16ClF2N3O3. The molecule has 2 aromatic rings. The number of carbonyl (C=O) groups is 2. The number of aromatic amines is 1. The van der Waals surface area contributed by atoms with Gasteiger partial charge in [0, 0.05) is 36.5 Å². The van der Waals surface area contributed by atoms with Gasteiger partial charge in [-0.15, -0.1) is 0 Å². The van der Waals surface area contributed by atoms with Crippen molar-refractivity contribution in [3.8, 4) is 5.75 Å². The van der Waals surface area contributed by atoms with E-state index < -0.39 is 12.3 Å². The number of fused-ring (bicyclic) bond motifs is 3. The van der Waals surface area contributed by atoms with Crippen molar-refractivity contribution in [2.75, 3.05) is 20.2 Å². The molecule has 0 saturated carbocycles. The summed E-state index contributed by atoms with van der Waals surface area (Å²) < 4.78 is 30.2. The second-order valence-electron chi connectivity index (χ2n) is 5.59. The average molecular weight is 372 g/mol. The van der Waals surface area contributed by atoms with Crippen LogP contribution in [0.2, 0.25) is 5.02 Å². The molecule has 1 aliphatic heterocycles. The van der Waals surface area contributed by atoms with E-state index in [1.54, 1.807) is 6.07 Å². The second kappa shape index (κ2) is 6.87. The summed E-state index contributed by atoms with van der Waals surface area (Å²) in [5.41, 5.74) is 2.51. The van der Waals surface area contributed by atoms with Crippen LogP contribution in [0.1, 0.15) is 21.6 Å². The summed E-state index contributed by atoms with van der Waals surface area (Å²) in [6.07, 6.45) is -2.22. The zero-order valence-electron chi connectivity index (χ0n) is 13.3. The summed E-state index contributed by atoms with van der Waals surface area (Å²) in [5.74, 6) is -1.09. The van der Waals surface area contributed by atoms with Crippen LogP contribution in [0.15, 0.2) is 6.07 Å². The van der Waals surface area contributed by atoms with Gasteiger partial charge in [-0.1, -0.05) is 11.6 Å². The molecule has 25 heavy (non-hydrogen) atoms. The van der Waals surface area contributed by atoms with Crippen LogP contribution in [-0.2, 0) is 17.6 Å². The maximum absolute atomic E-state index is 12.3. The molecule has 0 saturated heterocycles. The van der Waals surface area contributed by atoms with Crippen LogP contribution in [0, 0.1) is 0 Å². The molecule has 1 aliphatic rings. The van der Waals surface area contributed by atoms with Crippen molar-refractivity contribution in [2.45, 2.75) is 19.3 Å². The number of amides is 2. The molecule has 0 spiro atoms. The van der Waals surface area contributed by atoms with Crippen molar-refractivity contribution in [1.82, 2.24) is 15.6 Å². The van der Waals surface area contributed by atoms with Crippen LogP contribution in [0.3, 0.4) is 0 Å². The van der Waals surface area contributed by atoms with Crippen LogP contribution in [0.4, 0.5) is 8.78 Å². The molecule has 1 aromatic heterocycles. The first-order valence-corrected chi connectivity index (χ1v) is 8.08. The van der Waals surface area contributed by atoms with Crippen molar-refractivity contribution < 1.29 is 23.1 Å². The smallest absolute Gasteiger partial charge is 0.315 e. The number of carbonyl (C=O) groups excluding carboxylic acids is 2. The Morgan fingerprint density at radius 2 is 2.20 bits per heavy atom. The summed E-state index contributed by atoms with van der Waals surface area (Å²) in [7, 11) is 1.50. The fraction of sp³-hybridized carbons (Fsp3) is 0.375. The molecule has 3 N–H and O–H groups in total. The summed E-state index contributed by atoms with van der Waals surface area (Å²) in [6.45, 7) is 0.467. The molecule has 2 amide bonds. The SMILES string of the molecule is CNC(=O)c1[nH]c2cc(Cl)c3c(c2c1CCNC(=O)C(F)F)CCO3. The average Bonchev–Trinajstić information content (AvgIpc) is 3.19. The number of nitrogens with one attached hydrogen (secondary N) is 3. The predicted molar refractivity (Wildman–Crippen MR) is 88.6 cm³/mol. The van der Waals surface area contributed by atoms with Crippen LogP contribution in [-0.4, -0.2) is 43.4 Å². The minimum absolute atomic E-state index is 0.0155. The van der Waals surface area contributed by atoms with Gasteiger partial charge in [0.05, 0.1) is 11.6 Å². The number of alkyl halides is 2. The molecule has 0 fully saturated rings. The Labute approximate surface area is 146 Å². The lowest BCUT2D eigenvalue weighted by atomic mass is 10.00. The van der Waals surface area contributed by atoms with E-state index in [0.717, 1.165) is 10.9 Å². The van der Waals surface area contributed by atoms with Crippen molar-refractivity contribution in [3.05, 3.63) is 27.9 Å². The Kier molecular flexibility index (Phi) is 4.80. The Balaban J connectivity index is 2.03. The van der Waals surface area contributed by atoms with Crippen molar-refractivity contribution in [1.29, 1.82) is 0 Å². The van der Waals surface area contributed by atoms with Gasteiger partial charge in [0.15, 0.2) is 0 Å². The number of ether oxygens (including phenoxy) is 1. The van der Waals surface area contributed by atoms with Gasteiger partial charge >= 0.3 is 6.43 Å². The molecule has 134 valence electrons. The van der Waals surface area contributed by atoms with Crippen LogP contribution >= 0.6 is 11.6 Å². The van der Waals surface area contributed by atoms with Crippen molar-refractivity contribution in [3.63, 3.8) is 0 Å². The Hall–Kier alpha value is -2.35. The topological polar surface area (TPSA) is 83.2 Å². The highest BCUT2D eigenvalue weighted by Gasteiger charge is 2.26. The van der Waals surface area contributed by atoms with Gasteiger partial charge in [0.1, 0.15) is 11.4 Å². The first-order valence-electron chi connectivity index (χ1n) is 7.70. The first-order chi connectivity index (χ1) is 11.9. The lowest BCUT2D eigenvalue weighted by molar-refractivity contribution is -0.131. The maximum Gasteiger partial charge on any atom is 0.315 e. The van der Waals surface area contributed by atoms with Crippen molar-refractivity contribution in [2.24, 2.45) is 0 Å². The van der Waals surface area contributed by atoms with Gasteiger partial charge in [0.2, 0.25) is 0 Å². The highest BCUT2D eigenvalue weighted by Crippen LogP contribution is 2.41. The summed E-state index contributed by atoms with van der Waals surface area (Å²) in [5, 5.41) is 5.94. The molecule has 3 rings (SSSR count). The molecule has 6 nitrogen and oxygen atoms in total. The first kappa shape index (κ1) is 17.5. The van der Waals surface area contributed by atoms with Crippen molar-refractivity contribution >= 4 is 34.3 Å². The number of halogens is 3. The molecule has 0 bridgehead atoms. The van der Waals surface area contributed by atoms with Crippen LogP contribution < -0.4 is 15.4 Å². The number of hydrogen-bond acceptors (Lipinski definition) is 3. The van der Waals surface area contributed by atoms with Crippen LogP contribution in [0.25, 0.3) is 10.9 Å². The number of aromatic nitrogens is 1. The standard InChI is InChI=1S/C16H16ClF2N3O3/c1-20-15(23)12-7(2-4-21-16(24)14(18)19)11-8-3-5-25-13(8)9(17)6-10(11)22-12/h6,14,22H,2-5H2,1H3,(H,20,23)(H,21,24). The van der Waals surface area contributed by atoms with E-state index in [4.69, 9.17) is 16.3 Å². The van der Waals surface area contributed by atoms with E-state index in [9.17, 15) is 18.4 Å². The molecular weight excluding hydrogens is 356 g/mol. The molecule has 0 radical (unpaired) electrons. The minimum Gasteiger partial charge on any atom is -0.491 e. The van der Waals surface area contributed by atoms with E-state index in [-0.39, 0.29) is 18.9 Å². The maximum atomic E-state index is 12.3. The zero-order valence-corrected chi connectivity index (χ0v) is 14.1. The van der Waals surface area contributed by atoms with Gasteiger partial charge < -0.3 is 20.4 Å². The van der Waals surface area contributed by atoms with E-state index in [1.165, 1.54) is 7.05 Å². The third-order valence-corrected chi connectivity index (χ3v) is 4.40. The molecule has 9 heteroatoms. The van der Waals surface area contributed by atoms with Gasteiger partial charge in [-0.25, -0.2) is 0 Å². The van der Waals surface area contributed by atoms with E-state index in [1.807, 2.05) is 0 Å². The number of hydrogen-bond donors (Lipinski definition) is 3. The lowest BCUT2D eigenvalue weighted by Gasteiger charge is -2.08. The van der Waals surface area contributed by atoms with E-state index in [0.29, 0.717) is 40.6 Å². The van der Waals surface area contributed by atoms with Gasteiger partial charge in [-0.2, -0.15) is 8.78 Å². The number of H-pyrrole nitrogens is 1. The lowest BCUT2D eigenvalue weighted by Crippen LogP contribution is -2.31. The second-order valence-corrected chi connectivity index (χ2v) is 5.99. The predicted octanol–water partition coefficient (Wildman–Crippen LogP) is 2.04. The molecule has 2 heterocycles. The summed E-state index contributed by atoms with van der Waals surface area (Å²) in [4.78, 5) is 26.3. The molecule has 0 atom stereocenters. The molecule has 0 unspecified atom stereocenters. The van der Waals surface area contributed by atoms with Gasteiger partial charge in [-0.3, -0.25) is 9.59 Å². The minimum atomic E-state index is -3.07. The van der Waals surface area contributed by atoms with Gasteiger partial charge in [-0.05, 0) is 18.1 Å². The fourth-order valence-electron chi connectivity index (χ4n) is 3.07. The number of benzene rings is 1. The summed E-state index contributed by atoms with van der Waals surface area (Å²) in [6, 6.07) is 1.68. The zero-order chi connectivity index (χ0) is 18.1. The Bertz CT molecular complexity index is 851. The molecule has 0 aliphatic carbocycles. The van der Waals surface area contributed by atoms with Crippen LogP contribution in [0.5, 0.6) is 5.75 Å². The Morgan fingerprint density at radius 3 is 2.88 bits per heavy atom. The monoisotopic (exact) mass is 371 g/mol. The van der Waals surface area contributed by atoms with E-state index >= 15 is 0 Å². The molecule has 1 aromatic carbocycles. The number of rotatable bonds is 5.